The lowest BCUT2D eigenvalue weighted by Crippen LogP contribution is -2.02. The van der Waals surface area contributed by atoms with Crippen molar-refractivity contribution in [2.75, 3.05) is 13.2 Å². The molecule has 0 aliphatic rings. The third-order valence-electron chi connectivity index (χ3n) is 2.48. The Hall–Kier alpha value is -0.730. The van der Waals surface area contributed by atoms with Crippen molar-refractivity contribution >= 4 is 11.6 Å². The van der Waals surface area contributed by atoms with E-state index in [-0.39, 0.29) is 6.61 Å². The van der Waals surface area contributed by atoms with E-state index >= 15 is 0 Å². The fourth-order valence-corrected chi connectivity index (χ4v) is 1.95. The van der Waals surface area contributed by atoms with E-state index in [9.17, 15) is 0 Å². The van der Waals surface area contributed by atoms with Crippen LogP contribution in [0.5, 0.6) is 5.75 Å². The molecule has 0 radical (unpaired) electrons. The first-order valence-electron chi connectivity index (χ1n) is 5.60. The van der Waals surface area contributed by atoms with E-state index < -0.39 is 0 Å². The Labute approximate surface area is 102 Å². The summed E-state index contributed by atoms with van der Waals surface area (Å²) in [6.45, 7) is 6.88. The molecule has 0 aliphatic carbocycles. The van der Waals surface area contributed by atoms with Crippen molar-refractivity contribution in [2.45, 2.75) is 33.1 Å². The van der Waals surface area contributed by atoms with Gasteiger partial charge < -0.3 is 9.84 Å². The maximum Gasteiger partial charge on any atom is 0.122 e. The molecule has 0 heterocycles. The SMILES string of the molecule is Cc1cc(Cl)c(C(C)C)cc1OCCCO. The largest absolute Gasteiger partial charge is 0.493 e. The number of halogens is 1. The van der Waals surface area contributed by atoms with E-state index in [1.807, 2.05) is 19.1 Å². The number of hydrogen-bond acceptors (Lipinski definition) is 2. The Kier molecular flexibility index (Phi) is 5.10. The molecule has 16 heavy (non-hydrogen) atoms. The highest BCUT2D eigenvalue weighted by Crippen LogP contribution is 2.31. The predicted molar refractivity (Wildman–Crippen MR) is 67.5 cm³/mol. The van der Waals surface area contributed by atoms with Gasteiger partial charge in [0.05, 0.1) is 6.61 Å². The van der Waals surface area contributed by atoms with E-state index in [0.29, 0.717) is 18.9 Å². The quantitative estimate of drug-likeness (QED) is 0.801. The molecule has 0 amide bonds. The summed E-state index contributed by atoms with van der Waals surface area (Å²) in [4.78, 5) is 0. The first-order chi connectivity index (χ1) is 7.56. The van der Waals surface area contributed by atoms with Crippen LogP contribution in [-0.2, 0) is 0 Å². The smallest absolute Gasteiger partial charge is 0.122 e. The molecule has 1 aromatic rings. The highest BCUT2D eigenvalue weighted by atomic mass is 35.5. The second-order valence-electron chi connectivity index (χ2n) is 4.22. The minimum atomic E-state index is 0.156. The van der Waals surface area contributed by atoms with Gasteiger partial charge in [-0.15, -0.1) is 0 Å². The molecule has 0 atom stereocenters. The maximum absolute atomic E-state index is 8.70. The fourth-order valence-electron chi connectivity index (χ4n) is 1.51. The van der Waals surface area contributed by atoms with Crippen LogP contribution < -0.4 is 4.74 Å². The number of aliphatic hydroxyl groups is 1. The van der Waals surface area contributed by atoms with Gasteiger partial charge >= 0.3 is 0 Å². The minimum Gasteiger partial charge on any atom is -0.493 e. The van der Waals surface area contributed by atoms with Crippen LogP contribution in [0.3, 0.4) is 0 Å². The number of ether oxygens (including phenoxy) is 1. The van der Waals surface area contributed by atoms with Crippen LogP contribution >= 0.6 is 11.6 Å². The van der Waals surface area contributed by atoms with Gasteiger partial charge in [-0.3, -0.25) is 0 Å². The lowest BCUT2D eigenvalue weighted by atomic mass is 10.0. The molecule has 1 N–H and O–H groups in total. The fraction of sp³-hybridized carbons (Fsp3) is 0.538. The zero-order chi connectivity index (χ0) is 12.1. The van der Waals surface area contributed by atoms with Crippen LogP contribution in [0.4, 0.5) is 0 Å². The summed E-state index contributed by atoms with van der Waals surface area (Å²) in [5.41, 5.74) is 2.14. The van der Waals surface area contributed by atoms with Crippen molar-refractivity contribution in [3.05, 3.63) is 28.3 Å². The molecule has 3 heteroatoms. The van der Waals surface area contributed by atoms with Crippen molar-refractivity contribution in [2.24, 2.45) is 0 Å². The van der Waals surface area contributed by atoms with Crippen LogP contribution in [0.15, 0.2) is 12.1 Å². The number of benzene rings is 1. The van der Waals surface area contributed by atoms with Gasteiger partial charge in [0.15, 0.2) is 0 Å². The van der Waals surface area contributed by atoms with Crippen molar-refractivity contribution in [1.82, 2.24) is 0 Å². The Morgan fingerprint density at radius 2 is 2.06 bits per heavy atom. The van der Waals surface area contributed by atoms with Crippen LogP contribution in [0.25, 0.3) is 0 Å². The van der Waals surface area contributed by atoms with Gasteiger partial charge in [-0.2, -0.15) is 0 Å². The highest BCUT2D eigenvalue weighted by Gasteiger charge is 2.09. The van der Waals surface area contributed by atoms with Crippen LogP contribution in [0.2, 0.25) is 5.02 Å². The lowest BCUT2D eigenvalue weighted by molar-refractivity contribution is 0.233. The Morgan fingerprint density at radius 3 is 2.62 bits per heavy atom. The molecule has 0 aliphatic heterocycles. The summed E-state index contributed by atoms with van der Waals surface area (Å²) in [6.07, 6.45) is 0.652. The van der Waals surface area contributed by atoms with Gasteiger partial charge in [-0.1, -0.05) is 25.4 Å². The summed E-state index contributed by atoms with van der Waals surface area (Å²) in [5.74, 6) is 1.25. The van der Waals surface area contributed by atoms with Crippen LogP contribution in [-0.4, -0.2) is 18.3 Å². The molecule has 0 unspecified atom stereocenters. The summed E-state index contributed by atoms with van der Waals surface area (Å²) in [5, 5.41) is 9.49. The maximum atomic E-state index is 8.70. The van der Waals surface area contributed by atoms with E-state index in [1.165, 1.54) is 0 Å². The molecule has 0 bridgehead atoms. The molecule has 0 fully saturated rings. The van der Waals surface area contributed by atoms with Gasteiger partial charge in [0, 0.05) is 18.1 Å². The number of aliphatic hydroxyl groups excluding tert-OH is 1. The van der Waals surface area contributed by atoms with Crippen molar-refractivity contribution in [3.63, 3.8) is 0 Å². The zero-order valence-electron chi connectivity index (χ0n) is 10.1. The highest BCUT2D eigenvalue weighted by molar-refractivity contribution is 6.31. The first-order valence-corrected chi connectivity index (χ1v) is 5.97. The van der Waals surface area contributed by atoms with Crippen molar-refractivity contribution < 1.29 is 9.84 Å². The molecule has 2 nitrogen and oxygen atoms in total. The lowest BCUT2D eigenvalue weighted by Gasteiger charge is -2.14. The summed E-state index contributed by atoms with van der Waals surface area (Å²) < 4.78 is 5.60. The Balaban J connectivity index is 2.87. The minimum absolute atomic E-state index is 0.156. The molecule has 0 aromatic heterocycles. The monoisotopic (exact) mass is 242 g/mol. The predicted octanol–water partition coefficient (Wildman–Crippen LogP) is 3.53. The zero-order valence-corrected chi connectivity index (χ0v) is 10.8. The molecule has 90 valence electrons. The summed E-state index contributed by atoms with van der Waals surface area (Å²) >= 11 is 6.16. The average Bonchev–Trinajstić information content (AvgIpc) is 2.21. The molecular weight excluding hydrogens is 224 g/mol. The van der Waals surface area contributed by atoms with E-state index in [2.05, 4.69) is 13.8 Å². The summed E-state index contributed by atoms with van der Waals surface area (Å²) in [6, 6.07) is 3.94. The standard InChI is InChI=1S/C13H19ClO2/c1-9(2)11-8-13(16-6-4-5-15)10(3)7-12(11)14/h7-9,15H,4-6H2,1-3H3. The third-order valence-corrected chi connectivity index (χ3v) is 2.80. The molecule has 0 saturated carbocycles. The molecule has 0 saturated heterocycles. The summed E-state index contributed by atoms with van der Waals surface area (Å²) in [7, 11) is 0. The van der Waals surface area contributed by atoms with Gasteiger partial charge in [0.1, 0.15) is 5.75 Å². The second kappa shape index (κ2) is 6.12. The van der Waals surface area contributed by atoms with Crippen LogP contribution in [0.1, 0.15) is 37.3 Å². The van der Waals surface area contributed by atoms with E-state index in [0.717, 1.165) is 21.9 Å². The van der Waals surface area contributed by atoms with Gasteiger partial charge in [0.25, 0.3) is 0 Å². The molecule has 0 spiro atoms. The van der Waals surface area contributed by atoms with Gasteiger partial charge in [-0.05, 0) is 36.1 Å². The number of aryl methyl sites for hydroxylation is 1. The van der Waals surface area contributed by atoms with Crippen molar-refractivity contribution in [3.8, 4) is 5.75 Å². The Bertz CT molecular complexity index is 348. The Morgan fingerprint density at radius 1 is 1.38 bits per heavy atom. The van der Waals surface area contributed by atoms with E-state index in [1.54, 1.807) is 0 Å². The average molecular weight is 243 g/mol. The van der Waals surface area contributed by atoms with Gasteiger partial charge in [0.2, 0.25) is 0 Å². The third kappa shape index (κ3) is 3.39. The molecule has 1 aromatic carbocycles. The van der Waals surface area contributed by atoms with Gasteiger partial charge in [-0.25, -0.2) is 0 Å². The molecule has 1 rings (SSSR count). The van der Waals surface area contributed by atoms with E-state index in [4.69, 9.17) is 21.4 Å². The second-order valence-corrected chi connectivity index (χ2v) is 4.63. The topological polar surface area (TPSA) is 29.5 Å². The number of rotatable bonds is 5. The normalized spacial score (nSPS) is 10.9. The molecular formula is C13H19ClO2. The van der Waals surface area contributed by atoms with Crippen LogP contribution in [0, 0.1) is 6.92 Å². The number of hydrogen-bond donors (Lipinski definition) is 1. The van der Waals surface area contributed by atoms with Crippen molar-refractivity contribution in [1.29, 1.82) is 0 Å². The first kappa shape index (κ1) is 13.3.